The molecule has 0 saturated carbocycles. The van der Waals surface area contributed by atoms with Gasteiger partial charge in [-0.15, -0.1) is 0 Å². The molecule has 0 spiro atoms. The van der Waals surface area contributed by atoms with Crippen molar-refractivity contribution in [1.82, 2.24) is 4.98 Å². The molecule has 1 aromatic heterocycles. The van der Waals surface area contributed by atoms with Crippen molar-refractivity contribution in [2.45, 2.75) is 6.92 Å². The van der Waals surface area contributed by atoms with Crippen molar-refractivity contribution in [3.05, 3.63) is 52.3 Å². The van der Waals surface area contributed by atoms with Gasteiger partial charge in [0.2, 0.25) is 0 Å². The number of pyridine rings is 1. The third-order valence-electron chi connectivity index (χ3n) is 1.93. The molecule has 0 radical (unpaired) electrons. The molecule has 0 atom stereocenters. The Balaban J connectivity index is 3.01. The van der Waals surface area contributed by atoms with E-state index in [2.05, 4.69) is 4.98 Å². The Morgan fingerprint density at radius 1 is 1.23 bits per heavy atom. The van der Waals surface area contributed by atoms with Gasteiger partial charge in [0.15, 0.2) is 5.43 Å². The van der Waals surface area contributed by atoms with E-state index in [0.29, 0.717) is 5.39 Å². The second-order valence-corrected chi connectivity index (χ2v) is 3.03. The number of fused-ring (bicyclic) bond motifs is 1. The van der Waals surface area contributed by atoms with E-state index in [4.69, 9.17) is 0 Å². The van der Waals surface area contributed by atoms with Gasteiger partial charge in [0.25, 0.3) is 0 Å². The van der Waals surface area contributed by atoms with Crippen LogP contribution in [0, 0.1) is 6.92 Å². The van der Waals surface area contributed by atoms with Crippen molar-refractivity contribution >= 4 is 10.9 Å². The van der Waals surface area contributed by atoms with Gasteiger partial charge in [0.05, 0.1) is 5.52 Å². The van der Waals surface area contributed by atoms with E-state index in [-0.39, 0.29) is 5.43 Å². The Morgan fingerprint density at radius 3 is 2.85 bits per heavy atom. The predicted octanol–water partition coefficient (Wildman–Crippen LogP) is 1.90. The Kier molecular flexibility index (Phi) is 1.81. The number of nitrogens with zero attached hydrogens (tertiary/aromatic N) is 1. The summed E-state index contributed by atoms with van der Waals surface area (Å²) in [4.78, 5) is 15.7. The second kappa shape index (κ2) is 2.98. The van der Waals surface area contributed by atoms with Gasteiger partial charge in [0.1, 0.15) is 0 Å². The summed E-state index contributed by atoms with van der Waals surface area (Å²) in [6.07, 6.45) is 1.77. The van der Waals surface area contributed by atoms with Crippen LogP contribution in [-0.2, 0) is 0 Å². The summed E-state index contributed by atoms with van der Waals surface area (Å²) in [6.45, 7) is 1.93. The third kappa shape index (κ3) is 1.43. The van der Waals surface area contributed by atoms with Crippen LogP contribution in [0.25, 0.3) is 10.9 Å². The number of hydrogen-bond acceptors (Lipinski definition) is 2. The van der Waals surface area contributed by atoms with Gasteiger partial charge in [-0.05, 0) is 30.7 Å². The molecular formula is C11H9NO. The molecule has 0 aliphatic rings. The molecule has 0 unspecified atom stereocenters. The van der Waals surface area contributed by atoms with Gasteiger partial charge in [-0.3, -0.25) is 9.78 Å². The fourth-order valence-corrected chi connectivity index (χ4v) is 1.29. The maximum absolute atomic E-state index is 11.5. The Morgan fingerprint density at radius 2 is 2.00 bits per heavy atom. The summed E-state index contributed by atoms with van der Waals surface area (Å²) < 4.78 is 0. The fraction of sp³-hybridized carbons (Fsp3) is 0.0909. The van der Waals surface area contributed by atoms with Gasteiger partial charge in [-0.2, -0.15) is 0 Å². The van der Waals surface area contributed by atoms with Crippen LogP contribution in [0.15, 0.2) is 41.3 Å². The molecule has 0 saturated heterocycles. The first-order valence-electron chi connectivity index (χ1n) is 4.13. The summed E-state index contributed by atoms with van der Waals surface area (Å²) in [6, 6.07) is 8.83. The largest absolute Gasteiger partial charge is 0.289 e. The molecule has 64 valence electrons. The molecular weight excluding hydrogens is 162 g/mol. The topological polar surface area (TPSA) is 30.0 Å². The summed E-state index contributed by atoms with van der Waals surface area (Å²) in [5.41, 5.74) is 1.78. The average Bonchev–Trinajstić information content (AvgIpc) is 2.29. The van der Waals surface area contributed by atoms with Crippen LogP contribution < -0.4 is 5.43 Å². The molecule has 0 bridgehead atoms. The first-order valence-corrected chi connectivity index (χ1v) is 4.13. The lowest BCUT2D eigenvalue weighted by atomic mass is 10.2. The van der Waals surface area contributed by atoms with Crippen LogP contribution in [0.1, 0.15) is 5.56 Å². The van der Waals surface area contributed by atoms with E-state index >= 15 is 0 Å². The number of aryl methyl sites for hydroxylation is 1. The molecule has 0 fully saturated rings. The summed E-state index contributed by atoms with van der Waals surface area (Å²) in [5.74, 6) is 0. The highest BCUT2D eigenvalue weighted by atomic mass is 16.1. The molecule has 13 heavy (non-hydrogen) atoms. The van der Waals surface area contributed by atoms with Crippen molar-refractivity contribution in [2.75, 3.05) is 0 Å². The molecule has 2 aromatic rings. The number of rotatable bonds is 0. The molecule has 2 rings (SSSR count). The Bertz CT molecular complexity index is 505. The van der Waals surface area contributed by atoms with Gasteiger partial charge >= 0.3 is 0 Å². The van der Waals surface area contributed by atoms with Crippen molar-refractivity contribution < 1.29 is 0 Å². The van der Waals surface area contributed by atoms with Crippen LogP contribution in [0.2, 0.25) is 0 Å². The van der Waals surface area contributed by atoms with Crippen LogP contribution in [0.4, 0.5) is 0 Å². The van der Waals surface area contributed by atoms with Gasteiger partial charge in [-0.25, -0.2) is 0 Å². The summed E-state index contributed by atoms with van der Waals surface area (Å²) in [7, 11) is 0. The van der Waals surface area contributed by atoms with Crippen LogP contribution in [0.5, 0.6) is 0 Å². The average molecular weight is 171 g/mol. The lowest BCUT2D eigenvalue weighted by Gasteiger charge is -1.92. The SMILES string of the molecule is Cc1cnc2ccccc(=O)c2c1. The zero-order valence-electron chi connectivity index (χ0n) is 7.32. The normalized spacial score (nSPS) is 10.2. The minimum atomic E-state index is 0.0243. The summed E-state index contributed by atoms with van der Waals surface area (Å²) >= 11 is 0. The number of hydrogen-bond donors (Lipinski definition) is 0. The van der Waals surface area contributed by atoms with Gasteiger partial charge < -0.3 is 0 Å². The Hall–Kier alpha value is -1.70. The second-order valence-electron chi connectivity index (χ2n) is 3.03. The molecule has 0 aliphatic carbocycles. The first kappa shape index (κ1) is 7.92. The van der Waals surface area contributed by atoms with E-state index in [1.165, 1.54) is 0 Å². The highest BCUT2D eigenvalue weighted by Gasteiger charge is 1.95. The van der Waals surface area contributed by atoms with E-state index < -0.39 is 0 Å². The van der Waals surface area contributed by atoms with Crippen LogP contribution in [0.3, 0.4) is 0 Å². The minimum Gasteiger partial charge on any atom is -0.289 e. The van der Waals surface area contributed by atoms with E-state index in [1.807, 2.05) is 25.1 Å². The summed E-state index contributed by atoms with van der Waals surface area (Å²) in [5, 5.41) is 0.685. The van der Waals surface area contributed by atoms with Crippen LogP contribution in [-0.4, -0.2) is 4.98 Å². The monoisotopic (exact) mass is 171 g/mol. The van der Waals surface area contributed by atoms with Crippen molar-refractivity contribution in [2.24, 2.45) is 0 Å². The zero-order valence-corrected chi connectivity index (χ0v) is 7.32. The van der Waals surface area contributed by atoms with Gasteiger partial charge in [0, 0.05) is 11.6 Å². The highest BCUT2D eigenvalue weighted by Crippen LogP contribution is 2.06. The molecule has 0 aliphatic heterocycles. The lowest BCUT2D eigenvalue weighted by Crippen LogP contribution is -1.95. The van der Waals surface area contributed by atoms with Crippen molar-refractivity contribution in [3.63, 3.8) is 0 Å². The molecule has 2 heteroatoms. The smallest absolute Gasteiger partial charge is 0.188 e. The van der Waals surface area contributed by atoms with E-state index in [9.17, 15) is 4.79 Å². The lowest BCUT2D eigenvalue weighted by molar-refractivity contribution is 1.33. The fourth-order valence-electron chi connectivity index (χ4n) is 1.29. The minimum absolute atomic E-state index is 0.0243. The van der Waals surface area contributed by atoms with Gasteiger partial charge in [-0.1, -0.05) is 12.1 Å². The molecule has 0 N–H and O–H groups in total. The van der Waals surface area contributed by atoms with Crippen molar-refractivity contribution in [3.8, 4) is 0 Å². The van der Waals surface area contributed by atoms with Crippen LogP contribution >= 0.6 is 0 Å². The zero-order chi connectivity index (χ0) is 9.26. The number of aromatic nitrogens is 1. The third-order valence-corrected chi connectivity index (χ3v) is 1.93. The molecule has 0 amide bonds. The standard InChI is InChI=1S/C11H9NO/c1-8-6-9-10(12-7-8)4-2-3-5-11(9)13/h2-7H,1H3. The molecule has 1 aromatic carbocycles. The maximum atomic E-state index is 11.5. The van der Waals surface area contributed by atoms with E-state index in [1.54, 1.807) is 18.3 Å². The van der Waals surface area contributed by atoms with Crippen molar-refractivity contribution in [1.29, 1.82) is 0 Å². The predicted molar refractivity (Wildman–Crippen MR) is 52.8 cm³/mol. The maximum Gasteiger partial charge on any atom is 0.188 e. The highest BCUT2D eigenvalue weighted by molar-refractivity contribution is 5.77. The molecule has 2 nitrogen and oxygen atoms in total. The quantitative estimate of drug-likeness (QED) is 0.606. The molecule has 1 heterocycles. The Labute approximate surface area is 75.9 Å². The first-order chi connectivity index (χ1) is 6.27. The van der Waals surface area contributed by atoms with E-state index in [0.717, 1.165) is 11.1 Å².